The lowest BCUT2D eigenvalue weighted by atomic mass is 9.95. The molecule has 2 N–H and O–H groups in total. The van der Waals surface area contributed by atoms with E-state index in [9.17, 15) is 4.79 Å². The number of fused-ring (bicyclic) bond motifs is 1. The fourth-order valence-corrected chi connectivity index (χ4v) is 2.25. The number of hydrogen-bond donors (Lipinski definition) is 1. The fraction of sp³-hybridized carbons (Fsp3) is 0.364. The molecule has 76 valence electrons. The fourth-order valence-electron chi connectivity index (χ4n) is 2.25. The summed E-state index contributed by atoms with van der Waals surface area (Å²) in [6.07, 6.45) is 7.37. The maximum absolute atomic E-state index is 12.1. The second-order valence-corrected chi connectivity index (χ2v) is 4.02. The minimum absolute atomic E-state index is 0.125. The minimum Gasteiger partial charge on any atom is -0.399 e. The third-order valence-electron chi connectivity index (χ3n) is 3.01. The smallest absolute Gasteiger partial charge is 0.324 e. The van der Waals surface area contributed by atoms with Gasteiger partial charge < -0.3 is 5.73 Å². The summed E-state index contributed by atoms with van der Waals surface area (Å²) < 4.78 is 1.79. The third-order valence-corrected chi connectivity index (χ3v) is 3.01. The van der Waals surface area contributed by atoms with Gasteiger partial charge in [-0.3, -0.25) is 0 Å². The first-order chi connectivity index (χ1) is 7.25. The van der Waals surface area contributed by atoms with Crippen molar-refractivity contribution in [2.45, 2.75) is 12.8 Å². The van der Waals surface area contributed by atoms with Gasteiger partial charge in [-0.1, -0.05) is 0 Å². The number of carbonyl (C=O) groups excluding carboxylic acids is 1. The molecular formula is C11H12N3O+. The van der Waals surface area contributed by atoms with Crippen LogP contribution in [0.5, 0.6) is 0 Å². The lowest BCUT2D eigenvalue weighted by Gasteiger charge is -2.15. The zero-order valence-corrected chi connectivity index (χ0v) is 8.31. The Balaban J connectivity index is 2.09. The monoisotopic (exact) mass is 202 g/mol. The average Bonchev–Trinajstić information content (AvgIpc) is 2.68. The van der Waals surface area contributed by atoms with Gasteiger partial charge in [-0.2, -0.15) is 4.58 Å². The maximum atomic E-state index is 12.1. The predicted molar refractivity (Wildman–Crippen MR) is 56.7 cm³/mol. The molecule has 1 amide bonds. The van der Waals surface area contributed by atoms with Gasteiger partial charge in [0.25, 0.3) is 0 Å². The Bertz CT molecular complexity index is 468. The van der Waals surface area contributed by atoms with Crippen LogP contribution >= 0.6 is 0 Å². The van der Waals surface area contributed by atoms with Crippen LogP contribution in [0.15, 0.2) is 28.9 Å². The molecule has 2 heterocycles. The van der Waals surface area contributed by atoms with E-state index in [4.69, 9.17) is 5.73 Å². The number of amides is 1. The first-order valence-electron chi connectivity index (χ1n) is 5.17. The molecule has 2 aliphatic heterocycles. The van der Waals surface area contributed by atoms with Gasteiger partial charge in [0.1, 0.15) is 5.92 Å². The van der Waals surface area contributed by atoms with Crippen molar-refractivity contribution in [2.24, 2.45) is 16.6 Å². The van der Waals surface area contributed by atoms with E-state index in [0.29, 0.717) is 5.70 Å². The van der Waals surface area contributed by atoms with E-state index in [2.05, 4.69) is 4.99 Å². The summed E-state index contributed by atoms with van der Waals surface area (Å²) in [6.45, 7) is 0.804. The Morgan fingerprint density at radius 1 is 1.47 bits per heavy atom. The Kier molecular flexibility index (Phi) is 1.65. The lowest BCUT2D eigenvalue weighted by Crippen LogP contribution is -2.38. The van der Waals surface area contributed by atoms with Gasteiger partial charge in [0.15, 0.2) is 5.71 Å². The van der Waals surface area contributed by atoms with Crippen molar-refractivity contribution < 1.29 is 9.37 Å². The van der Waals surface area contributed by atoms with Crippen molar-refractivity contribution in [3.8, 4) is 0 Å². The highest BCUT2D eigenvalue weighted by Gasteiger charge is 2.40. The zero-order valence-electron chi connectivity index (χ0n) is 8.31. The highest BCUT2D eigenvalue weighted by Crippen LogP contribution is 2.21. The van der Waals surface area contributed by atoms with Crippen LogP contribution in [0.1, 0.15) is 12.8 Å². The number of aliphatic imine (C=N–C) groups is 1. The maximum Gasteiger partial charge on any atom is 0.324 e. The molecule has 0 saturated carbocycles. The number of rotatable bonds is 0. The summed E-state index contributed by atoms with van der Waals surface area (Å²) in [5, 5.41) is 0. The summed E-state index contributed by atoms with van der Waals surface area (Å²) in [5.41, 5.74) is 7.17. The number of nitrogens with zero attached hydrogens (tertiary/aromatic N) is 2. The highest BCUT2D eigenvalue weighted by molar-refractivity contribution is 6.17. The van der Waals surface area contributed by atoms with Gasteiger partial charge >= 0.3 is 11.7 Å². The van der Waals surface area contributed by atoms with Crippen molar-refractivity contribution in [1.82, 2.24) is 0 Å². The second-order valence-electron chi connectivity index (χ2n) is 4.02. The Morgan fingerprint density at radius 3 is 3.20 bits per heavy atom. The van der Waals surface area contributed by atoms with Crippen molar-refractivity contribution in [2.75, 3.05) is 6.54 Å². The zero-order chi connectivity index (χ0) is 10.4. The first-order valence-corrected chi connectivity index (χ1v) is 5.17. The Morgan fingerprint density at radius 2 is 2.33 bits per heavy atom. The van der Waals surface area contributed by atoms with E-state index >= 15 is 0 Å². The van der Waals surface area contributed by atoms with Crippen LogP contribution in [-0.4, -0.2) is 28.6 Å². The summed E-state index contributed by atoms with van der Waals surface area (Å²) in [6, 6.07) is 0. The molecule has 1 aliphatic carbocycles. The van der Waals surface area contributed by atoms with Crippen molar-refractivity contribution in [3.05, 3.63) is 23.9 Å². The van der Waals surface area contributed by atoms with E-state index in [0.717, 1.165) is 30.9 Å². The SMILES string of the molecule is NC1=CC2C(=O)[N+]3=C(CCC3)N=C2C=C1. The van der Waals surface area contributed by atoms with E-state index in [-0.39, 0.29) is 11.8 Å². The highest BCUT2D eigenvalue weighted by atomic mass is 16.2. The van der Waals surface area contributed by atoms with Gasteiger partial charge in [0, 0.05) is 5.70 Å². The van der Waals surface area contributed by atoms with Crippen molar-refractivity contribution in [3.63, 3.8) is 0 Å². The van der Waals surface area contributed by atoms with Crippen LogP contribution in [0.4, 0.5) is 0 Å². The average molecular weight is 202 g/mol. The topological polar surface area (TPSA) is 58.5 Å². The van der Waals surface area contributed by atoms with Crippen LogP contribution in [0.3, 0.4) is 0 Å². The largest absolute Gasteiger partial charge is 0.399 e. The summed E-state index contributed by atoms with van der Waals surface area (Å²) in [7, 11) is 0. The second kappa shape index (κ2) is 2.89. The molecule has 0 radical (unpaired) electrons. The third kappa shape index (κ3) is 1.17. The molecule has 15 heavy (non-hydrogen) atoms. The molecule has 4 heteroatoms. The quantitative estimate of drug-likeness (QED) is 0.570. The number of nitrogens with two attached hydrogens (primary N) is 1. The van der Waals surface area contributed by atoms with Crippen molar-refractivity contribution in [1.29, 1.82) is 0 Å². The molecule has 0 aromatic carbocycles. The molecule has 1 atom stereocenters. The molecule has 0 bridgehead atoms. The lowest BCUT2D eigenvalue weighted by molar-refractivity contribution is -0.444. The van der Waals surface area contributed by atoms with Crippen molar-refractivity contribution >= 4 is 17.5 Å². The molecule has 0 aromatic rings. The van der Waals surface area contributed by atoms with E-state index in [1.807, 2.05) is 6.08 Å². The Labute approximate surface area is 87.5 Å². The van der Waals surface area contributed by atoms with Gasteiger partial charge in [-0.25, -0.2) is 4.79 Å². The van der Waals surface area contributed by atoms with Crippen LogP contribution in [0.2, 0.25) is 0 Å². The number of hydrogen-bond acceptors (Lipinski definition) is 3. The van der Waals surface area contributed by atoms with Crippen LogP contribution in [0, 0.1) is 5.92 Å². The van der Waals surface area contributed by atoms with Crippen LogP contribution in [-0.2, 0) is 4.79 Å². The minimum atomic E-state index is -0.253. The van der Waals surface area contributed by atoms with E-state index in [1.165, 1.54) is 0 Å². The summed E-state index contributed by atoms with van der Waals surface area (Å²) in [5.74, 6) is 0.793. The summed E-state index contributed by atoms with van der Waals surface area (Å²) in [4.78, 5) is 16.6. The molecule has 3 aliphatic rings. The van der Waals surface area contributed by atoms with Gasteiger partial charge in [0.05, 0.1) is 13.0 Å². The normalized spacial score (nSPS) is 28.5. The van der Waals surface area contributed by atoms with Gasteiger partial charge in [-0.15, -0.1) is 0 Å². The van der Waals surface area contributed by atoms with Gasteiger partial charge in [0.2, 0.25) is 0 Å². The first kappa shape index (κ1) is 8.59. The molecule has 4 nitrogen and oxygen atoms in total. The number of amidine groups is 1. The predicted octanol–water partition coefficient (Wildman–Crippen LogP) is 0.201. The van der Waals surface area contributed by atoms with Gasteiger partial charge in [-0.05, 0) is 29.6 Å². The molecule has 0 saturated heterocycles. The van der Waals surface area contributed by atoms with Crippen LogP contribution < -0.4 is 5.73 Å². The molecule has 1 unspecified atom stereocenters. The van der Waals surface area contributed by atoms with E-state index < -0.39 is 0 Å². The molecule has 3 rings (SSSR count). The number of carbonyl (C=O) groups is 1. The summed E-state index contributed by atoms with van der Waals surface area (Å²) >= 11 is 0. The number of allylic oxidation sites excluding steroid dienone is 2. The van der Waals surface area contributed by atoms with E-state index in [1.54, 1.807) is 16.7 Å². The molecule has 0 spiro atoms. The standard InChI is InChI=1S/C11H12N3O/c12-7-3-4-9-8(6-7)11(15)14-5-1-2-10(14)13-9/h3-4,6,8H,1-2,5,12H2/q+1. The molecular weight excluding hydrogens is 190 g/mol. The van der Waals surface area contributed by atoms with Crippen LogP contribution in [0.25, 0.3) is 0 Å². The molecule has 0 aromatic heterocycles. The Hall–Kier alpha value is -1.71. The molecule has 0 fully saturated rings.